The van der Waals surface area contributed by atoms with Crippen molar-refractivity contribution < 1.29 is 38.6 Å². The SMILES string of the molecule is CCCSc1nc(N[C@@H]2C[C@H](OCCO)[C@H]3OC(C)(C)O[C@H]32)c(N)c(N[C@@H]2C[C@H](OCCO)[C@H]3OC(C)(C)O[C@H]32)n1. The third-order valence-electron chi connectivity index (χ3n) is 7.68. The first-order chi connectivity index (χ1) is 19.5. The van der Waals surface area contributed by atoms with Gasteiger partial charge in [0.15, 0.2) is 28.4 Å². The molecule has 0 spiro atoms. The molecule has 2 saturated carbocycles. The van der Waals surface area contributed by atoms with E-state index in [1.54, 1.807) is 11.8 Å². The summed E-state index contributed by atoms with van der Waals surface area (Å²) in [5, 5.41) is 26.3. The predicted octanol–water partition coefficient (Wildman–Crippen LogP) is 1.72. The van der Waals surface area contributed by atoms with Gasteiger partial charge in [-0.15, -0.1) is 0 Å². The number of thioether (sulfide) groups is 1. The number of hydrogen-bond donors (Lipinski definition) is 5. The Labute approximate surface area is 245 Å². The molecule has 14 heteroatoms. The first-order valence-electron chi connectivity index (χ1n) is 14.5. The number of nitrogens with one attached hydrogen (secondary N) is 2. The molecule has 2 aliphatic heterocycles. The van der Waals surface area contributed by atoms with Gasteiger partial charge in [0.25, 0.3) is 0 Å². The summed E-state index contributed by atoms with van der Waals surface area (Å²) >= 11 is 1.56. The molecule has 0 aromatic carbocycles. The minimum absolute atomic E-state index is 0.0665. The van der Waals surface area contributed by atoms with Crippen LogP contribution in [0.1, 0.15) is 53.9 Å². The lowest BCUT2D eigenvalue weighted by Gasteiger charge is -2.26. The van der Waals surface area contributed by atoms with Crippen LogP contribution in [0.15, 0.2) is 5.16 Å². The molecule has 41 heavy (non-hydrogen) atoms. The molecule has 0 unspecified atom stereocenters. The maximum absolute atomic E-state index is 9.31. The Morgan fingerprint density at radius 1 is 0.829 bits per heavy atom. The fraction of sp³-hybridized carbons (Fsp3) is 0.852. The predicted molar refractivity (Wildman–Crippen MR) is 153 cm³/mol. The third-order valence-corrected chi connectivity index (χ3v) is 8.73. The van der Waals surface area contributed by atoms with Crippen LogP contribution in [0.25, 0.3) is 0 Å². The van der Waals surface area contributed by atoms with Crippen LogP contribution >= 0.6 is 11.8 Å². The molecule has 13 nitrogen and oxygen atoms in total. The highest BCUT2D eigenvalue weighted by Crippen LogP contribution is 2.43. The minimum atomic E-state index is -0.757. The smallest absolute Gasteiger partial charge is 0.191 e. The molecule has 5 rings (SSSR count). The summed E-state index contributed by atoms with van der Waals surface area (Å²) in [6.45, 7) is 9.96. The average Bonchev–Trinajstić information content (AvgIpc) is 3.60. The van der Waals surface area contributed by atoms with Crippen molar-refractivity contribution in [3.8, 4) is 0 Å². The lowest BCUT2D eigenvalue weighted by atomic mass is 10.2. The highest BCUT2D eigenvalue weighted by molar-refractivity contribution is 7.99. The number of fused-ring (bicyclic) bond motifs is 2. The van der Waals surface area contributed by atoms with Crippen LogP contribution in [0.3, 0.4) is 0 Å². The lowest BCUT2D eigenvalue weighted by Crippen LogP contribution is -2.36. The van der Waals surface area contributed by atoms with Crippen molar-refractivity contribution in [2.45, 2.75) is 119 Å². The van der Waals surface area contributed by atoms with Crippen LogP contribution in [0.5, 0.6) is 0 Å². The molecular formula is C27H45N5O8S. The first kappa shape index (κ1) is 31.0. The summed E-state index contributed by atoms with van der Waals surface area (Å²) in [5.74, 6) is 0.357. The van der Waals surface area contributed by atoms with Gasteiger partial charge in [-0.05, 0) is 47.0 Å². The molecule has 1 aromatic heterocycles. The standard InChI is InChI=1S/C27H45N5O8S/c1-6-11-41-25-31-23(29-14-12-16(35-9-7-33)21-19(14)37-26(2,3)39-21)18(28)24(32-25)30-15-13-17(36-10-8-34)22-20(15)38-27(4,5)40-22/h14-17,19-22,33-34H,6-13,28H2,1-5H3,(H2,29,30,31,32)/t14-,15-,16+,17+,19+,20+,21-,22-/m1/s1. The number of ether oxygens (including phenoxy) is 6. The number of nitrogens with zero attached hydrogens (tertiary/aromatic N) is 2. The van der Waals surface area contributed by atoms with E-state index < -0.39 is 11.6 Å². The van der Waals surface area contributed by atoms with Crippen LogP contribution in [-0.2, 0) is 28.4 Å². The van der Waals surface area contributed by atoms with Crippen molar-refractivity contribution in [1.82, 2.24) is 9.97 Å². The molecule has 2 aliphatic carbocycles. The normalized spacial score (nSPS) is 35.0. The second-order valence-corrected chi connectivity index (χ2v) is 12.9. The molecule has 4 fully saturated rings. The maximum Gasteiger partial charge on any atom is 0.191 e. The van der Waals surface area contributed by atoms with Crippen molar-refractivity contribution in [1.29, 1.82) is 0 Å². The van der Waals surface area contributed by atoms with Crippen LogP contribution < -0.4 is 16.4 Å². The summed E-state index contributed by atoms with van der Waals surface area (Å²) in [6.07, 6.45) is 0.574. The Morgan fingerprint density at radius 3 is 1.68 bits per heavy atom. The Balaban J connectivity index is 1.38. The first-order valence-corrected chi connectivity index (χ1v) is 15.5. The fourth-order valence-corrected chi connectivity index (χ4v) is 6.86. The van der Waals surface area contributed by atoms with Gasteiger partial charge in [0, 0.05) is 5.75 Å². The molecular weight excluding hydrogens is 554 g/mol. The van der Waals surface area contributed by atoms with Gasteiger partial charge in [-0.1, -0.05) is 18.7 Å². The van der Waals surface area contributed by atoms with Gasteiger partial charge in [0.1, 0.15) is 30.1 Å². The van der Waals surface area contributed by atoms with E-state index in [0.29, 0.717) is 35.3 Å². The maximum atomic E-state index is 9.31. The summed E-state index contributed by atoms with van der Waals surface area (Å²) < 4.78 is 36.7. The molecule has 4 aliphatic rings. The second-order valence-electron chi connectivity index (χ2n) is 11.8. The third kappa shape index (κ3) is 6.86. The number of nitrogens with two attached hydrogens (primary N) is 1. The topological polar surface area (TPSA) is 172 Å². The zero-order valence-corrected chi connectivity index (χ0v) is 25.3. The summed E-state index contributed by atoms with van der Waals surface area (Å²) in [6, 6.07) is -0.363. The summed E-state index contributed by atoms with van der Waals surface area (Å²) in [7, 11) is 0. The van der Waals surface area contributed by atoms with E-state index in [2.05, 4.69) is 17.6 Å². The monoisotopic (exact) mass is 599 g/mol. The van der Waals surface area contributed by atoms with Gasteiger partial charge >= 0.3 is 0 Å². The Bertz CT molecular complexity index is 978. The van der Waals surface area contributed by atoms with Crippen molar-refractivity contribution >= 4 is 29.1 Å². The largest absolute Gasteiger partial charge is 0.394 e. The second kappa shape index (κ2) is 12.6. The van der Waals surface area contributed by atoms with E-state index in [0.717, 1.165) is 12.2 Å². The van der Waals surface area contributed by atoms with E-state index in [-0.39, 0.29) is 75.1 Å². The summed E-state index contributed by atoms with van der Waals surface area (Å²) in [4.78, 5) is 9.56. The van der Waals surface area contributed by atoms with E-state index in [4.69, 9.17) is 44.1 Å². The van der Waals surface area contributed by atoms with Gasteiger partial charge in [0.2, 0.25) is 0 Å². The van der Waals surface area contributed by atoms with Crippen molar-refractivity contribution in [2.75, 3.05) is 48.5 Å². The highest BCUT2D eigenvalue weighted by Gasteiger charge is 2.56. The molecule has 0 radical (unpaired) electrons. The average molecular weight is 600 g/mol. The van der Waals surface area contributed by atoms with E-state index in [9.17, 15) is 10.2 Å². The van der Waals surface area contributed by atoms with Crippen LogP contribution in [0.4, 0.5) is 17.3 Å². The number of aliphatic hydroxyl groups is 2. The molecule has 8 atom stereocenters. The van der Waals surface area contributed by atoms with Crippen molar-refractivity contribution in [3.05, 3.63) is 0 Å². The number of aromatic nitrogens is 2. The zero-order chi connectivity index (χ0) is 29.4. The molecule has 6 N–H and O–H groups in total. The highest BCUT2D eigenvalue weighted by atomic mass is 32.2. The number of anilines is 3. The molecule has 232 valence electrons. The number of hydrogen-bond acceptors (Lipinski definition) is 14. The van der Waals surface area contributed by atoms with E-state index in [1.165, 1.54) is 0 Å². The Kier molecular flexibility index (Phi) is 9.53. The van der Waals surface area contributed by atoms with Gasteiger partial charge < -0.3 is 55.0 Å². The molecule has 1 aromatic rings. The molecule has 0 bridgehead atoms. The van der Waals surface area contributed by atoms with Crippen molar-refractivity contribution in [2.24, 2.45) is 0 Å². The van der Waals surface area contributed by atoms with E-state index >= 15 is 0 Å². The summed E-state index contributed by atoms with van der Waals surface area (Å²) in [5.41, 5.74) is 7.10. The molecule has 0 amide bonds. The minimum Gasteiger partial charge on any atom is -0.394 e. The van der Waals surface area contributed by atoms with E-state index in [1.807, 2.05) is 27.7 Å². The fourth-order valence-electron chi connectivity index (χ4n) is 6.16. The number of rotatable bonds is 13. The van der Waals surface area contributed by atoms with Gasteiger partial charge in [0.05, 0.1) is 50.7 Å². The van der Waals surface area contributed by atoms with Gasteiger partial charge in [-0.2, -0.15) is 0 Å². The van der Waals surface area contributed by atoms with Gasteiger partial charge in [-0.25, -0.2) is 9.97 Å². The Morgan fingerprint density at radius 2 is 1.27 bits per heavy atom. The number of nitrogen functional groups attached to an aromatic ring is 1. The molecule has 3 heterocycles. The lowest BCUT2D eigenvalue weighted by molar-refractivity contribution is -0.168. The number of aliphatic hydroxyl groups excluding tert-OH is 2. The van der Waals surface area contributed by atoms with Crippen molar-refractivity contribution in [3.63, 3.8) is 0 Å². The van der Waals surface area contributed by atoms with Crippen LogP contribution in [-0.4, -0.2) is 113 Å². The Hall–Kier alpha value is -1.49. The van der Waals surface area contributed by atoms with Crippen LogP contribution in [0, 0.1) is 0 Å². The zero-order valence-electron chi connectivity index (χ0n) is 24.5. The van der Waals surface area contributed by atoms with Crippen LogP contribution in [0.2, 0.25) is 0 Å². The quantitative estimate of drug-likeness (QED) is 0.164. The molecule has 2 saturated heterocycles. The van der Waals surface area contributed by atoms with Gasteiger partial charge in [-0.3, -0.25) is 0 Å².